The van der Waals surface area contributed by atoms with Gasteiger partial charge < -0.3 is 14.7 Å². The number of hydrogen-bond acceptors (Lipinski definition) is 2. The zero-order valence-corrected chi connectivity index (χ0v) is 6.62. The fraction of sp³-hybridized carbons (Fsp3) is 0.857. The van der Waals surface area contributed by atoms with Crippen LogP contribution in [0.15, 0.2) is 0 Å². The van der Waals surface area contributed by atoms with Gasteiger partial charge >= 0.3 is 6.09 Å². The minimum Gasteiger partial charge on any atom is -0.465 e. The van der Waals surface area contributed by atoms with Gasteiger partial charge in [0.1, 0.15) is 0 Å². The fourth-order valence-corrected chi connectivity index (χ4v) is 1.23. The molecule has 11 heavy (non-hydrogen) atoms. The van der Waals surface area contributed by atoms with E-state index in [4.69, 9.17) is 9.84 Å². The van der Waals surface area contributed by atoms with Gasteiger partial charge in [-0.2, -0.15) is 0 Å². The first-order valence-corrected chi connectivity index (χ1v) is 3.75. The number of carboxylic acid groups (broad SMARTS) is 1. The zero-order valence-electron chi connectivity index (χ0n) is 6.62. The van der Waals surface area contributed by atoms with Crippen molar-refractivity contribution in [1.82, 2.24) is 4.90 Å². The average molecular weight is 159 g/mol. The Kier molecular flexibility index (Phi) is 2.70. The monoisotopic (exact) mass is 159 g/mol. The Labute approximate surface area is 65.8 Å². The Hall–Kier alpha value is -0.770. The summed E-state index contributed by atoms with van der Waals surface area (Å²) in [6.45, 7) is 1.37. The maximum Gasteiger partial charge on any atom is 0.407 e. The Balaban J connectivity index is 2.38. The highest BCUT2D eigenvalue weighted by Crippen LogP contribution is 2.12. The van der Waals surface area contributed by atoms with Crippen LogP contribution < -0.4 is 0 Å². The summed E-state index contributed by atoms with van der Waals surface area (Å²) in [4.78, 5) is 11.8. The second kappa shape index (κ2) is 3.57. The molecule has 0 bridgehead atoms. The van der Waals surface area contributed by atoms with E-state index in [1.165, 1.54) is 4.90 Å². The quantitative estimate of drug-likeness (QED) is 0.615. The molecule has 4 nitrogen and oxygen atoms in total. The summed E-state index contributed by atoms with van der Waals surface area (Å²) in [5.74, 6) is 0. The lowest BCUT2D eigenvalue weighted by molar-refractivity contribution is 0.0438. The van der Waals surface area contributed by atoms with Crippen LogP contribution in [0.1, 0.15) is 12.8 Å². The highest BCUT2D eigenvalue weighted by atomic mass is 16.5. The van der Waals surface area contributed by atoms with E-state index in [1.807, 2.05) is 0 Å². The van der Waals surface area contributed by atoms with Crippen LogP contribution in [0, 0.1) is 0 Å². The molecule has 1 fully saturated rings. The van der Waals surface area contributed by atoms with Crippen LogP contribution in [0.2, 0.25) is 0 Å². The molecule has 1 amide bonds. The molecule has 4 heteroatoms. The SMILES string of the molecule is CN(C(=O)O)C1CCOCC1. The van der Waals surface area contributed by atoms with Crippen LogP contribution in [0.25, 0.3) is 0 Å². The van der Waals surface area contributed by atoms with E-state index in [1.54, 1.807) is 7.05 Å². The highest BCUT2D eigenvalue weighted by molar-refractivity contribution is 5.64. The predicted octanol–water partition coefficient (Wildman–Crippen LogP) is 0.775. The number of amides is 1. The van der Waals surface area contributed by atoms with Crippen molar-refractivity contribution in [3.8, 4) is 0 Å². The first-order valence-electron chi connectivity index (χ1n) is 3.75. The van der Waals surface area contributed by atoms with Crippen molar-refractivity contribution in [3.05, 3.63) is 0 Å². The van der Waals surface area contributed by atoms with Gasteiger partial charge in [-0.1, -0.05) is 0 Å². The first-order chi connectivity index (χ1) is 5.22. The molecular weight excluding hydrogens is 146 g/mol. The van der Waals surface area contributed by atoms with Gasteiger partial charge in [0.2, 0.25) is 0 Å². The highest BCUT2D eigenvalue weighted by Gasteiger charge is 2.21. The summed E-state index contributed by atoms with van der Waals surface area (Å²) in [5, 5.41) is 8.62. The molecule has 0 saturated carbocycles. The average Bonchev–Trinajstić information content (AvgIpc) is 2.05. The Morgan fingerprint density at radius 1 is 1.55 bits per heavy atom. The Morgan fingerprint density at radius 3 is 2.55 bits per heavy atom. The van der Waals surface area contributed by atoms with Gasteiger partial charge in [0.15, 0.2) is 0 Å². The summed E-state index contributed by atoms with van der Waals surface area (Å²) in [5.41, 5.74) is 0. The third-order valence-electron chi connectivity index (χ3n) is 2.04. The molecule has 1 N–H and O–H groups in total. The van der Waals surface area contributed by atoms with E-state index in [2.05, 4.69) is 0 Å². The van der Waals surface area contributed by atoms with Crippen LogP contribution in [0.5, 0.6) is 0 Å². The van der Waals surface area contributed by atoms with E-state index >= 15 is 0 Å². The molecule has 0 unspecified atom stereocenters. The number of ether oxygens (including phenoxy) is 1. The standard InChI is InChI=1S/C7H13NO3/c1-8(7(9)10)6-2-4-11-5-3-6/h6H,2-5H2,1H3,(H,9,10). The molecule has 0 aromatic heterocycles. The molecule has 0 aliphatic carbocycles. The van der Waals surface area contributed by atoms with Crippen molar-refractivity contribution in [2.45, 2.75) is 18.9 Å². The maximum atomic E-state index is 10.5. The maximum absolute atomic E-state index is 10.5. The van der Waals surface area contributed by atoms with E-state index in [9.17, 15) is 4.79 Å². The lowest BCUT2D eigenvalue weighted by Gasteiger charge is -2.28. The normalized spacial score (nSPS) is 19.7. The number of hydrogen-bond donors (Lipinski definition) is 1. The number of carbonyl (C=O) groups is 1. The van der Waals surface area contributed by atoms with Crippen LogP contribution in [0.3, 0.4) is 0 Å². The summed E-state index contributed by atoms with van der Waals surface area (Å²) in [6.07, 6.45) is 0.794. The smallest absolute Gasteiger partial charge is 0.407 e. The second-order valence-electron chi connectivity index (χ2n) is 2.74. The van der Waals surface area contributed by atoms with Crippen molar-refractivity contribution >= 4 is 6.09 Å². The number of rotatable bonds is 1. The van der Waals surface area contributed by atoms with Crippen LogP contribution >= 0.6 is 0 Å². The molecule has 1 aliphatic heterocycles. The van der Waals surface area contributed by atoms with Crippen molar-refractivity contribution in [2.75, 3.05) is 20.3 Å². The molecule has 64 valence electrons. The zero-order chi connectivity index (χ0) is 8.27. The van der Waals surface area contributed by atoms with E-state index in [0.717, 1.165) is 12.8 Å². The third-order valence-corrected chi connectivity index (χ3v) is 2.04. The Morgan fingerprint density at radius 2 is 2.09 bits per heavy atom. The van der Waals surface area contributed by atoms with E-state index in [-0.39, 0.29) is 6.04 Å². The molecule has 0 atom stereocenters. The largest absolute Gasteiger partial charge is 0.465 e. The summed E-state index contributed by atoms with van der Waals surface area (Å²) in [6, 6.07) is 0.154. The van der Waals surface area contributed by atoms with Crippen molar-refractivity contribution in [3.63, 3.8) is 0 Å². The van der Waals surface area contributed by atoms with Crippen LogP contribution in [-0.4, -0.2) is 42.4 Å². The third kappa shape index (κ3) is 2.08. The van der Waals surface area contributed by atoms with E-state index < -0.39 is 6.09 Å². The molecule has 0 spiro atoms. The summed E-state index contributed by atoms with van der Waals surface area (Å²) < 4.78 is 5.11. The molecule has 1 saturated heterocycles. The summed E-state index contributed by atoms with van der Waals surface area (Å²) in [7, 11) is 1.61. The predicted molar refractivity (Wildman–Crippen MR) is 39.6 cm³/mol. The molecular formula is C7H13NO3. The molecule has 0 radical (unpaired) electrons. The van der Waals surface area contributed by atoms with Gasteiger partial charge in [0.05, 0.1) is 0 Å². The van der Waals surface area contributed by atoms with Crippen molar-refractivity contribution in [1.29, 1.82) is 0 Å². The lowest BCUT2D eigenvalue weighted by Crippen LogP contribution is -2.39. The van der Waals surface area contributed by atoms with Gasteiger partial charge in [-0.25, -0.2) is 4.79 Å². The van der Waals surface area contributed by atoms with Crippen molar-refractivity contribution < 1.29 is 14.6 Å². The topological polar surface area (TPSA) is 49.8 Å². The van der Waals surface area contributed by atoms with Gasteiger partial charge in [-0.15, -0.1) is 0 Å². The molecule has 1 heterocycles. The Bertz CT molecular complexity index is 143. The van der Waals surface area contributed by atoms with Gasteiger partial charge in [-0.3, -0.25) is 0 Å². The molecule has 0 aromatic rings. The lowest BCUT2D eigenvalue weighted by atomic mass is 10.1. The van der Waals surface area contributed by atoms with Crippen molar-refractivity contribution in [2.24, 2.45) is 0 Å². The van der Waals surface area contributed by atoms with E-state index in [0.29, 0.717) is 13.2 Å². The van der Waals surface area contributed by atoms with Gasteiger partial charge in [0, 0.05) is 26.3 Å². The molecule has 0 aromatic carbocycles. The van der Waals surface area contributed by atoms with Crippen LogP contribution in [-0.2, 0) is 4.74 Å². The summed E-state index contributed by atoms with van der Waals surface area (Å²) >= 11 is 0. The molecule has 1 rings (SSSR count). The molecule has 1 aliphatic rings. The minimum atomic E-state index is -0.850. The minimum absolute atomic E-state index is 0.154. The second-order valence-corrected chi connectivity index (χ2v) is 2.74. The number of nitrogens with zero attached hydrogens (tertiary/aromatic N) is 1. The fourth-order valence-electron chi connectivity index (χ4n) is 1.23. The van der Waals surface area contributed by atoms with Gasteiger partial charge in [0.25, 0.3) is 0 Å². The first kappa shape index (κ1) is 8.33. The van der Waals surface area contributed by atoms with Crippen LogP contribution in [0.4, 0.5) is 4.79 Å². The van der Waals surface area contributed by atoms with Gasteiger partial charge in [-0.05, 0) is 12.8 Å².